The first kappa shape index (κ1) is 10.0. The van der Waals surface area contributed by atoms with Crippen molar-refractivity contribution in [2.24, 2.45) is 0 Å². The Balaban J connectivity index is 2.64. The van der Waals surface area contributed by atoms with Crippen molar-refractivity contribution in [1.82, 2.24) is 9.12 Å². The van der Waals surface area contributed by atoms with E-state index in [0.29, 0.717) is 19.6 Å². The summed E-state index contributed by atoms with van der Waals surface area (Å²) < 4.78 is 23.7. The van der Waals surface area contributed by atoms with E-state index in [0.717, 1.165) is 0 Å². The Labute approximate surface area is 75.0 Å². The molecule has 1 heterocycles. The number of rotatable bonds is 1. The zero-order chi connectivity index (χ0) is 9.35. The molecule has 0 aromatic heterocycles. The van der Waals surface area contributed by atoms with Crippen LogP contribution >= 0.6 is 0 Å². The van der Waals surface area contributed by atoms with Gasteiger partial charge in [-0.05, 0) is 6.92 Å². The maximum Gasteiger partial charge on any atom is 0.211 e. The highest BCUT2D eigenvalue weighted by Gasteiger charge is 2.25. The first-order valence-corrected chi connectivity index (χ1v) is 5.72. The van der Waals surface area contributed by atoms with E-state index in [4.69, 9.17) is 7.98 Å². The molecular weight excluding hydrogens is 175 g/mol. The summed E-state index contributed by atoms with van der Waals surface area (Å²) in [5.74, 6) is 0. The van der Waals surface area contributed by atoms with E-state index < -0.39 is 10.0 Å². The minimum atomic E-state index is -3.03. The van der Waals surface area contributed by atoms with Gasteiger partial charge in [-0.3, -0.25) is 0 Å². The SMILES string of the molecule is [B]N1CCN(S(C)(=O)=O)CC1C. The lowest BCUT2D eigenvalue weighted by atomic mass is 10.1. The van der Waals surface area contributed by atoms with E-state index in [1.165, 1.54) is 10.6 Å². The largest absolute Gasteiger partial charge is 0.349 e. The summed E-state index contributed by atoms with van der Waals surface area (Å²) in [5, 5.41) is 0. The van der Waals surface area contributed by atoms with Crippen LogP contribution in [0, 0.1) is 0 Å². The second-order valence-corrected chi connectivity index (χ2v) is 5.19. The van der Waals surface area contributed by atoms with Gasteiger partial charge >= 0.3 is 0 Å². The Hall–Kier alpha value is -0.0651. The Morgan fingerprint density at radius 2 is 2.00 bits per heavy atom. The van der Waals surface area contributed by atoms with Crippen LogP contribution in [-0.2, 0) is 10.0 Å². The molecule has 0 N–H and O–H groups in total. The highest BCUT2D eigenvalue weighted by Crippen LogP contribution is 2.09. The van der Waals surface area contributed by atoms with Gasteiger partial charge in [-0.15, -0.1) is 0 Å². The van der Waals surface area contributed by atoms with Crippen LogP contribution in [0.5, 0.6) is 0 Å². The number of nitrogens with zero attached hydrogens (tertiary/aromatic N) is 2. The molecule has 1 atom stereocenters. The summed E-state index contributed by atoms with van der Waals surface area (Å²) in [6.07, 6.45) is 1.23. The van der Waals surface area contributed by atoms with Crippen LogP contribution in [0.2, 0.25) is 0 Å². The second kappa shape index (κ2) is 3.36. The Kier molecular flexibility index (Phi) is 2.80. The molecule has 1 aliphatic rings. The predicted octanol–water partition coefficient (Wildman–Crippen LogP) is -0.964. The molecular formula is C6H13BN2O2S. The van der Waals surface area contributed by atoms with Gasteiger partial charge in [0.2, 0.25) is 10.0 Å². The first-order valence-electron chi connectivity index (χ1n) is 3.87. The molecule has 68 valence electrons. The normalized spacial score (nSPS) is 29.0. The van der Waals surface area contributed by atoms with Gasteiger partial charge in [-0.25, -0.2) is 8.42 Å². The first-order chi connectivity index (χ1) is 5.41. The molecule has 4 nitrogen and oxygen atoms in total. The minimum absolute atomic E-state index is 0.105. The van der Waals surface area contributed by atoms with Crippen LogP contribution in [0.3, 0.4) is 0 Å². The third kappa shape index (κ3) is 2.21. The molecule has 0 saturated carbocycles. The van der Waals surface area contributed by atoms with E-state index in [9.17, 15) is 8.42 Å². The van der Waals surface area contributed by atoms with E-state index >= 15 is 0 Å². The monoisotopic (exact) mass is 188 g/mol. The lowest BCUT2D eigenvalue weighted by Gasteiger charge is -2.36. The average molecular weight is 188 g/mol. The molecule has 1 fully saturated rings. The lowest BCUT2D eigenvalue weighted by molar-refractivity contribution is 0.219. The topological polar surface area (TPSA) is 40.6 Å². The van der Waals surface area contributed by atoms with Crippen LogP contribution in [0.4, 0.5) is 0 Å². The second-order valence-electron chi connectivity index (χ2n) is 3.21. The third-order valence-electron chi connectivity index (χ3n) is 2.11. The summed E-state index contributed by atoms with van der Waals surface area (Å²) >= 11 is 0. The molecule has 0 spiro atoms. The number of sulfonamides is 1. The highest BCUT2D eigenvalue weighted by atomic mass is 32.2. The Morgan fingerprint density at radius 3 is 2.42 bits per heavy atom. The van der Waals surface area contributed by atoms with Crippen molar-refractivity contribution in [2.45, 2.75) is 13.0 Å². The molecule has 0 aromatic carbocycles. The van der Waals surface area contributed by atoms with Gasteiger partial charge in [0, 0.05) is 25.7 Å². The van der Waals surface area contributed by atoms with Crippen LogP contribution in [0.25, 0.3) is 0 Å². The van der Waals surface area contributed by atoms with Gasteiger partial charge in [-0.2, -0.15) is 4.31 Å². The quantitative estimate of drug-likeness (QED) is 0.497. The fraction of sp³-hybridized carbons (Fsp3) is 1.00. The van der Waals surface area contributed by atoms with Crippen LogP contribution in [0.1, 0.15) is 6.92 Å². The highest BCUT2D eigenvalue weighted by molar-refractivity contribution is 7.88. The predicted molar refractivity (Wildman–Crippen MR) is 48.3 cm³/mol. The van der Waals surface area contributed by atoms with Crippen LogP contribution in [0.15, 0.2) is 0 Å². The van der Waals surface area contributed by atoms with Crippen molar-refractivity contribution in [3.05, 3.63) is 0 Å². The molecule has 1 aliphatic heterocycles. The average Bonchev–Trinajstić information content (AvgIpc) is 1.92. The summed E-state index contributed by atoms with van der Waals surface area (Å²) in [7, 11) is 2.56. The molecule has 2 radical (unpaired) electrons. The van der Waals surface area contributed by atoms with Gasteiger partial charge in [0.05, 0.1) is 6.26 Å². The van der Waals surface area contributed by atoms with E-state index in [1.807, 2.05) is 6.92 Å². The van der Waals surface area contributed by atoms with E-state index in [2.05, 4.69) is 0 Å². The van der Waals surface area contributed by atoms with Crippen molar-refractivity contribution in [2.75, 3.05) is 25.9 Å². The van der Waals surface area contributed by atoms with Crippen molar-refractivity contribution in [1.29, 1.82) is 0 Å². The Bertz CT molecular complexity index is 254. The summed E-state index contributed by atoms with van der Waals surface area (Å²) in [6.45, 7) is 3.51. The molecule has 1 rings (SSSR count). The smallest absolute Gasteiger partial charge is 0.211 e. The summed E-state index contributed by atoms with van der Waals surface area (Å²) in [5.41, 5.74) is 0. The fourth-order valence-corrected chi connectivity index (χ4v) is 2.14. The minimum Gasteiger partial charge on any atom is -0.349 e. The molecule has 0 amide bonds. The van der Waals surface area contributed by atoms with Crippen molar-refractivity contribution in [3.8, 4) is 0 Å². The fourth-order valence-electron chi connectivity index (χ4n) is 1.24. The van der Waals surface area contributed by atoms with E-state index in [-0.39, 0.29) is 6.04 Å². The van der Waals surface area contributed by atoms with Gasteiger partial charge in [0.25, 0.3) is 0 Å². The maximum atomic E-state index is 11.1. The third-order valence-corrected chi connectivity index (χ3v) is 3.38. The van der Waals surface area contributed by atoms with Crippen LogP contribution < -0.4 is 0 Å². The summed E-state index contributed by atoms with van der Waals surface area (Å²) in [4.78, 5) is 1.67. The molecule has 0 aliphatic carbocycles. The number of piperazine rings is 1. The maximum absolute atomic E-state index is 11.1. The number of hydrogen-bond donors (Lipinski definition) is 0. The van der Waals surface area contributed by atoms with Gasteiger partial charge in [0.15, 0.2) is 7.98 Å². The van der Waals surface area contributed by atoms with Gasteiger partial charge < -0.3 is 4.81 Å². The zero-order valence-electron chi connectivity index (χ0n) is 7.40. The zero-order valence-corrected chi connectivity index (χ0v) is 8.21. The molecule has 0 bridgehead atoms. The van der Waals surface area contributed by atoms with Crippen molar-refractivity contribution in [3.63, 3.8) is 0 Å². The molecule has 6 heteroatoms. The van der Waals surface area contributed by atoms with E-state index in [1.54, 1.807) is 4.81 Å². The lowest BCUT2D eigenvalue weighted by Crippen LogP contribution is -2.52. The molecule has 12 heavy (non-hydrogen) atoms. The van der Waals surface area contributed by atoms with Crippen LogP contribution in [-0.4, -0.2) is 57.4 Å². The molecule has 1 unspecified atom stereocenters. The van der Waals surface area contributed by atoms with Gasteiger partial charge in [-0.1, -0.05) is 0 Å². The van der Waals surface area contributed by atoms with Gasteiger partial charge in [0.1, 0.15) is 0 Å². The molecule has 0 aromatic rings. The summed E-state index contributed by atoms with van der Waals surface area (Å²) in [6, 6.07) is 0.105. The molecule has 1 saturated heterocycles. The van der Waals surface area contributed by atoms with Crippen molar-refractivity contribution < 1.29 is 8.42 Å². The van der Waals surface area contributed by atoms with Crippen molar-refractivity contribution >= 4 is 18.0 Å². The standard InChI is InChI=1S/C6H13BN2O2S/c1-6-5-8(12(2,10)11)3-4-9(6)7/h6H,3-5H2,1-2H3. The number of hydrogen-bond acceptors (Lipinski definition) is 3. The Morgan fingerprint density at radius 1 is 1.42 bits per heavy atom.